The van der Waals surface area contributed by atoms with Crippen LogP contribution in [-0.4, -0.2) is 44.8 Å². The van der Waals surface area contributed by atoms with E-state index < -0.39 is 0 Å². The summed E-state index contributed by atoms with van der Waals surface area (Å²) in [5, 5.41) is 0. The quantitative estimate of drug-likeness (QED) is 0.573. The Hall–Kier alpha value is -0.120. The molecule has 2 N–H and O–H groups in total. The first-order valence-corrected chi connectivity index (χ1v) is 5.70. The van der Waals surface area contributed by atoms with Gasteiger partial charge in [-0.15, -0.1) is 0 Å². The maximum Gasteiger partial charge on any atom is 0.0593 e. The highest BCUT2D eigenvalue weighted by molar-refractivity contribution is 4.63. The number of nitrogens with zero attached hydrogens (tertiary/aromatic N) is 1. The lowest BCUT2D eigenvalue weighted by Crippen LogP contribution is -2.32. The SMILES string of the molecule is CCCC(CN)CN(C)CCOCC. The van der Waals surface area contributed by atoms with Crippen LogP contribution in [0.1, 0.15) is 26.7 Å². The molecular formula is C11H26N2O. The van der Waals surface area contributed by atoms with Gasteiger partial charge in [0.15, 0.2) is 0 Å². The lowest BCUT2D eigenvalue weighted by Gasteiger charge is -2.22. The summed E-state index contributed by atoms with van der Waals surface area (Å²) in [5.74, 6) is 0.645. The maximum absolute atomic E-state index is 5.70. The first-order chi connectivity index (χ1) is 6.74. The van der Waals surface area contributed by atoms with Crippen LogP contribution < -0.4 is 5.73 Å². The van der Waals surface area contributed by atoms with Crippen molar-refractivity contribution in [1.29, 1.82) is 0 Å². The Morgan fingerprint density at radius 1 is 1.36 bits per heavy atom. The number of likely N-dealkylation sites (N-methyl/N-ethyl adjacent to an activating group) is 1. The van der Waals surface area contributed by atoms with Crippen LogP contribution in [0.2, 0.25) is 0 Å². The van der Waals surface area contributed by atoms with Crippen molar-refractivity contribution in [3.8, 4) is 0 Å². The molecule has 0 fully saturated rings. The summed E-state index contributed by atoms with van der Waals surface area (Å²) in [5.41, 5.74) is 5.70. The van der Waals surface area contributed by atoms with Gasteiger partial charge in [0, 0.05) is 19.7 Å². The van der Waals surface area contributed by atoms with Gasteiger partial charge in [-0.25, -0.2) is 0 Å². The zero-order valence-electron chi connectivity index (χ0n) is 9.96. The van der Waals surface area contributed by atoms with Crippen LogP contribution in [-0.2, 0) is 4.74 Å². The van der Waals surface area contributed by atoms with Crippen LogP contribution in [0.4, 0.5) is 0 Å². The minimum Gasteiger partial charge on any atom is -0.380 e. The molecule has 0 radical (unpaired) electrons. The van der Waals surface area contributed by atoms with E-state index in [1.165, 1.54) is 12.8 Å². The molecule has 14 heavy (non-hydrogen) atoms. The Morgan fingerprint density at radius 3 is 2.57 bits per heavy atom. The molecule has 0 saturated carbocycles. The van der Waals surface area contributed by atoms with Crippen molar-refractivity contribution in [2.75, 3.05) is 39.9 Å². The summed E-state index contributed by atoms with van der Waals surface area (Å²) in [7, 11) is 2.14. The Bertz CT molecular complexity index is 120. The van der Waals surface area contributed by atoms with Gasteiger partial charge in [0.25, 0.3) is 0 Å². The molecule has 0 aromatic heterocycles. The van der Waals surface area contributed by atoms with Crippen LogP contribution in [0.5, 0.6) is 0 Å². The average molecular weight is 202 g/mol. The molecule has 0 aliphatic rings. The molecule has 3 heteroatoms. The second kappa shape index (κ2) is 9.44. The van der Waals surface area contributed by atoms with E-state index in [1.54, 1.807) is 0 Å². The predicted octanol–water partition coefficient (Wildman–Crippen LogP) is 1.33. The van der Waals surface area contributed by atoms with Gasteiger partial charge >= 0.3 is 0 Å². The lowest BCUT2D eigenvalue weighted by molar-refractivity contribution is 0.116. The van der Waals surface area contributed by atoms with Crippen molar-refractivity contribution in [2.24, 2.45) is 11.7 Å². The summed E-state index contributed by atoms with van der Waals surface area (Å²) in [6.45, 7) is 8.78. The predicted molar refractivity (Wildman–Crippen MR) is 61.4 cm³/mol. The minimum absolute atomic E-state index is 0.645. The molecule has 0 rings (SSSR count). The zero-order chi connectivity index (χ0) is 10.8. The van der Waals surface area contributed by atoms with E-state index >= 15 is 0 Å². The van der Waals surface area contributed by atoms with Crippen molar-refractivity contribution >= 4 is 0 Å². The number of rotatable bonds is 9. The van der Waals surface area contributed by atoms with E-state index in [0.29, 0.717) is 5.92 Å². The molecule has 1 atom stereocenters. The van der Waals surface area contributed by atoms with Gasteiger partial charge < -0.3 is 15.4 Å². The minimum atomic E-state index is 0.645. The summed E-state index contributed by atoms with van der Waals surface area (Å²) >= 11 is 0. The van der Waals surface area contributed by atoms with Crippen molar-refractivity contribution in [2.45, 2.75) is 26.7 Å². The molecule has 86 valence electrons. The third-order valence-corrected chi connectivity index (χ3v) is 2.42. The highest BCUT2D eigenvalue weighted by atomic mass is 16.5. The number of hydrogen-bond donors (Lipinski definition) is 1. The maximum atomic E-state index is 5.70. The molecule has 0 amide bonds. The third-order valence-electron chi connectivity index (χ3n) is 2.42. The van der Waals surface area contributed by atoms with E-state index in [2.05, 4.69) is 18.9 Å². The summed E-state index contributed by atoms with van der Waals surface area (Å²) < 4.78 is 5.31. The van der Waals surface area contributed by atoms with Gasteiger partial charge in [0.05, 0.1) is 6.61 Å². The van der Waals surface area contributed by atoms with Gasteiger partial charge in [-0.3, -0.25) is 0 Å². The van der Waals surface area contributed by atoms with E-state index in [0.717, 1.165) is 32.8 Å². The topological polar surface area (TPSA) is 38.5 Å². The van der Waals surface area contributed by atoms with Gasteiger partial charge in [0.2, 0.25) is 0 Å². The van der Waals surface area contributed by atoms with Crippen LogP contribution in [0, 0.1) is 5.92 Å². The van der Waals surface area contributed by atoms with Gasteiger partial charge in [-0.2, -0.15) is 0 Å². The highest BCUT2D eigenvalue weighted by Gasteiger charge is 2.08. The first kappa shape index (κ1) is 13.9. The highest BCUT2D eigenvalue weighted by Crippen LogP contribution is 2.05. The third kappa shape index (κ3) is 7.30. The standard InChI is InChI=1S/C11H26N2O/c1-4-6-11(9-12)10-13(3)7-8-14-5-2/h11H,4-10,12H2,1-3H3. The molecule has 1 unspecified atom stereocenters. The largest absolute Gasteiger partial charge is 0.380 e. The molecule has 0 saturated heterocycles. The van der Waals surface area contributed by atoms with E-state index in [9.17, 15) is 0 Å². The number of nitrogens with two attached hydrogens (primary N) is 1. The number of ether oxygens (including phenoxy) is 1. The Labute approximate surface area is 88.6 Å². The lowest BCUT2D eigenvalue weighted by atomic mass is 10.0. The van der Waals surface area contributed by atoms with E-state index in [4.69, 9.17) is 10.5 Å². The van der Waals surface area contributed by atoms with Crippen molar-refractivity contribution < 1.29 is 4.74 Å². The van der Waals surface area contributed by atoms with Crippen molar-refractivity contribution in [3.05, 3.63) is 0 Å². The Balaban J connectivity index is 3.51. The molecule has 0 aliphatic carbocycles. The monoisotopic (exact) mass is 202 g/mol. The zero-order valence-corrected chi connectivity index (χ0v) is 9.96. The van der Waals surface area contributed by atoms with Gasteiger partial charge in [-0.1, -0.05) is 13.3 Å². The van der Waals surface area contributed by atoms with Gasteiger partial charge in [0.1, 0.15) is 0 Å². The van der Waals surface area contributed by atoms with E-state index in [1.807, 2.05) is 6.92 Å². The normalized spacial score (nSPS) is 13.5. The van der Waals surface area contributed by atoms with Crippen LogP contribution in [0.15, 0.2) is 0 Å². The molecule has 0 aliphatic heterocycles. The fourth-order valence-corrected chi connectivity index (χ4v) is 1.59. The van der Waals surface area contributed by atoms with Gasteiger partial charge in [-0.05, 0) is 32.9 Å². The first-order valence-electron chi connectivity index (χ1n) is 5.70. The summed E-state index contributed by atoms with van der Waals surface area (Å²) in [6.07, 6.45) is 2.46. The molecule has 0 bridgehead atoms. The van der Waals surface area contributed by atoms with Crippen LogP contribution in [0.3, 0.4) is 0 Å². The molecule has 0 aromatic rings. The fourth-order valence-electron chi connectivity index (χ4n) is 1.59. The molecule has 0 heterocycles. The van der Waals surface area contributed by atoms with Crippen molar-refractivity contribution in [3.63, 3.8) is 0 Å². The number of hydrogen-bond acceptors (Lipinski definition) is 3. The van der Waals surface area contributed by atoms with E-state index in [-0.39, 0.29) is 0 Å². The Morgan fingerprint density at radius 2 is 2.07 bits per heavy atom. The summed E-state index contributed by atoms with van der Waals surface area (Å²) in [4.78, 5) is 2.31. The van der Waals surface area contributed by atoms with Crippen LogP contribution >= 0.6 is 0 Å². The molecule has 0 spiro atoms. The fraction of sp³-hybridized carbons (Fsp3) is 1.00. The molecular weight excluding hydrogens is 176 g/mol. The molecule has 0 aromatic carbocycles. The average Bonchev–Trinajstić information content (AvgIpc) is 2.17. The van der Waals surface area contributed by atoms with Crippen molar-refractivity contribution in [1.82, 2.24) is 4.90 Å². The Kier molecular flexibility index (Phi) is 9.35. The second-order valence-corrected chi connectivity index (χ2v) is 3.85. The second-order valence-electron chi connectivity index (χ2n) is 3.85. The molecule has 3 nitrogen and oxygen atoms in total. The summed E-state index contributed by atoms with van der Waals surface area (Å²) in [6, 6.07) is 0. The smallest absolute Gasteiger partial charge is 0.0593 e. The van der Waals surface area contributed by atoms with Crippen LogP contribution in [0.25, 0.3) is 0 Å².